The summed E-state index contributed by atoms with van der Waals surface area (Å²) in [4.78, 5) is 12.6. The summed E-state index contributed by atoms with van der Waals surface area (Å²) >= 11 is 4.94. The highest BCUT2D eigenvalue weighted by atomic mass is 79.9. The van der Waals surface area contributed by atoms with Gasteiger partial charge in [-0.3, -0.25) is 0 Å². The molecule has 0 radical (unpaired) electrons. The fraction of sp³-hybridized carbons (Fsp3) is 0.154. The summed E-state index contributed by atoms with van der Waals surface area (Å²) in [5, 5.41) is 10.8. The van der Waals surface area contributed by atoms with Crippen molar-refractivity contribution in [2.75, 3.05) is 17.7 Å². The minimum Gasteiger partial charge on any atom is -0.478 e. The molecule has 0 spiro atoms. The van der Waals surface area contributed by atoms with E-state index in [1.54, 1.807) is 23.3 Å². The molecule has 1 aromatic heterocycles. The summed E-state index contributed by atoms with van der Waals surface area (Å²) in [5.41, 5.74) is 7.16. The molecule has 0 atom stereocenters. The maximum Gasteiger partial charge on any atom is 0.338 e. The molecule has 2 aromatic rings. The normalized spacial score (nSPS) is 10.6. The van der Waals surface area contributed by atoms with E-state index >= 15 is 0 Å². The van der Waals surface area contributed by atoms with E-state index in [4.69, 9.17) is 10.8 Å². The summed E-state index contributed by atoms with van der Waals surface area (Å²) in [6, 6.07) is 4.27. The molecule has 106 valence electrons. The van der Waals surface area contributed by atoms with Crippen LogP contribution < -0.4 is 10.6 Å². The number of nitrogen functional groups attached to an aromatic ring is 1. The SMILES string of the molecule is CN(Cc1csc(Br)c1)c1cc(F)c(C(=O)O)cc1N. The van der Waals surface area contributed by atoms with Gasteiger partial charge in [-0.15, -0.1) is 11.3 Å². The van der Waals surface area contributed by atoms with Gasteiger partial charge >= 0.3 is 5.97 Å². The van der Waals surface area contributed by atoms with E-state index in [9.17, 15) is 9.18 Å². The van der Waals surface area contributed by atoms with Gasteiger partial charge in [-0.1, -0.05) is 0 Å². The second kappa shape index (κ2) is 5.80. The Labute approximate surface area is 127 Å². The Kier molecular flexibility index (Phi) is 4.29. The zero-order valence-corrected chi connectivity index (χ0v) is 13.0. The highest BCUT2D eigenvalue weighted by Gasteiger charge is 2.16. The van der Waals surface area contributed by atoms with Gasteiger partial charge in [-0.2, -0.15) is 0 Å². The number of anilines is 2. The Morgan fingerprint density at radius 1 is 1.50 bits per heavy atom. The molecule has 0 saturated carbocycles. The van der Waals surface area contributed by atoms with Crippen LogP contribution >= 0.6 is 27.3 Å². The standard InChI is InChI=1S/C13H12BrFN2O2S/c1-17(5-7-2-12(14)20-6-7)11-4-9(15)8(13(18)19)3-10(11)16/h2-4,6H,5,16H2,1H3,(H,18,19). The fourth-order valence-corrected chi connectivity index (χ4v) is 3.06. The van der Waals surface area contributed by atoms with Gasteiger partial charge in [0.15, 0.2) is 0 Å². The Hall–Kier alpha value is -1.60. The van der Waals surface area contributed by atoms with E-state index in [0.717, 1.165) is 21.5 Å². The predicted octanol–water partition coefficient (Wildman–Crippen LogP) is 3.57. The van der Waals surface area contributed by atoms with Crippen LogP contribution in [0.25, 0.3) is 0 Å². The summed E-state index contributed by atoms with van der Waals surface area (Å²) in [5.74, 6) is -2.12. The number of carboxylic acid groups (broad SMARTS) is 1. The van der Waals surface area contributed by atoms with Gasteiger partial charge in [0.1, 0.15) is 5.82 Å². The van der Waals surface area contributed by atoms with E-state index < -0.39 is 17.3 Å². The molecule has 20 heavy (non-hydrogen) atoms. The molecular formula is C13H12BrFN2O2S. The van der Waals surface area contributed by atoms with E-state index in [1.165, 1.54) is 0 Å². The average Bonchev–Trinajstić information content (AvgIpc) is 2.76. The molecule has 4 nitrogen and oxygen atoms in total. The number of hydrogen-bond donors (Lipinski definition) is 2. The van der Waals surface area contributed by atoms with Crippen molar-refractivity contribution in [2.45, 2.75) is 6.54 Å². The van der Waals surface area contributed by atoms with E-state index in [-0.39, 0.29) is 5.69 Å². The molecule has 0 saturated heterocycles. The van der Waals surface area contributed by atoms with Gasteiger partial charge in [-0.05, 0) is 39.0 Å². The number of nitrogens with zero attached hydrogens (tertiary/aromatic N) is 1. The highest BCUT2D eigenvalue weighted by Crippen LogP contribution is 2.28. The largest absolute Gasteiger partial charge is 0.478 e. The van der Waals surface area contributed by atoms with Crippen LogP contribution in [0.4, 0.5) is 15.8 Å². The van der Waals surface area contributed by atoms with Crippen molar-refractivity contribution in [1.29, 1.82) is 0 Å². The Morgan fingerprint density at radius 2 is 2.20 bits per heavy atom. The highest BCUT2D eigenvalue weighted by molar-refractivity contribution is 9.11. The Morgan fingerprint density at radius 3 is 2.75 bits per heavy atom. The summed E-state index contributed by atoms with van der Waals surface area (Å²) in [7, 11) is 1.77. The zero-order chi connectivity index (χ0) is 14.9. The van der Waals surface area contributed by atoms with E-state index in [0.29, 0.717) is 12.2 Å². The third kappa shape index (κ3) is 3.10. The van der Waals surface area contributed by atoms with Crippen molar-refractivity contribution in [2.24, 2.45) is 0 Å². The van der Waals surface area contributed by atoms with Crippen LogP contribution in [0.5, 0.6) is 0 Å². The van der Waals surface area contributed by atoms with Crippen molar-refractivity contribution in [3.05, 3.63) is 44.3 Å². The molecule has 0 aliphatic rings. The number of rotatable bonds is 4. The Balaban J connectivity index is 2.28. The number of aromatic carboxylic acids is 1. The van der Waals surface area contributed by atoms with Crippen molar-refractivity contribution >= 4 is 44.6 Å². The monoisotopic (exact) mass is 358 g/mol. The Bertz CT molecular complexity index is 660. The van der Waals surface area contributed by atoms with Gasteiger partial charge < -0.3 is 15.7 Å². The average molecular weight is 359 g/mol. The number of hydrogen-bond acceptors (Lipinski definition) is 4. The summed E-state index contributed by atoms with van der Waals surface area (Å²) in [6.45, 7) is 0.554. The quantitative estimate of drug-likeness (QED) is 0.820. The lowest BCUT2D eigenvalue weighted by molar-refractivity contribution is 0.0692. The molecule has 0 bridgehead atoms. The lowest BCUT2D eigenvalue weighted by atomic mass is 10.1. The lowest BCUT2D eigenvalue weighted by Crippen LogP contribution is -2.18. The maximum absolute atomic E-state index is 13.7. The van der Waals surface area contributed by atoms with Crippen molar-refractivity contribution in [1.82, 2.24) is 0 Å². The minimum atomic E-state index is -1.33. The number of carboxylic acids is 1. The predicted molar refractivity (Wildman–Crippen MR) is 81.9 cm³/mol. The van der Waals surface area contributed by atoms with Crippen molar-refractivity contribution < 1.29 is 14.3 Å². The van der Waals surface area contributed by atoms with Gasteiger partial charge in [0, 0.05) is 19.7 Å². The fourth-order valence-electron chi connectivity index (χ4n) is 1.86. The molecule has 0 unspecified atom stereocenters. The topological polar surface area (TPSA) is 66.6 Å². The van der Waals surface area contributed by atoms with Crippen LogP contribution in [-0.2, 0) is 6.54 Å². The third-order valence-corrected chi connectivity index (χ3v) is 4.35. The molecule has 0 fully saturated rings. The van der Waals surface area contributed by atoms with Crippen molar-refractivity contribution in [3.8, 4) is 0 Å². The first-order chi connectivity index (χ1) is 9.38. The first kappa shape index (κ1) is 14.8. The second-order valence-corrected chi connectivity index (χ2v) is 6.60. The van der Waals surface area contributed by atoms with Gasteiger partial charge in [0.05, 0.1) is 20.7 Å². The molecule has 2 rings (SSSR count). The smallest absolute Gasteiger partial charge is 0.338 e. The van der Waals surface area contributed by atoms with Crippen LogP contribution in [0, 0.1) is 5.82 Å². The van der Waals surface area contributed by atoms with Crippen LogP contribution in [0.3, 0.4) is 0 Å². The third-order valence-electron chi connectivity index (χ3n) is 2.80. The number of thiophene rings is 1. The van der Waals surface area contributed by atoms with E-state index in [2.05, 4.69) is 15.9 Å². The van der Waals surface area contributed by atoms with E-state index in [1.807, 2.05) is 11.4 Å². The van der Waals surface area contributed by atoms with Gasteiger partial charge in [-0.25, -0.2) is 9.18 Å². The first-order valence-corrected chi connectivity index (χ1v) is 7.32. The summed E-state index contributed by atoms with van der Waals surface area (Å²) < 4.78 is 14.7. The molecule has 1 aromatic carbocycles. The van der Waals surface area contributed by atoms with Gasteiger partial charge in [0.25, 0.3) is 0 Å². The molecule has 3 N–H and O–H groups in total. The molecule has 0 aliphatic heterocycles. The minimum absolute atomic E-state index is 0.237. The van der Waals surface area contributed by atoms with Crippen LogP contribution in [0.1, 0.15) is 15.9 Å². The molecular weight excluding hydrogens is 347 g/mol. The van der Waals surface area contributed by atoms with Crippen LogP contribution in [0.2, 0.25) is 0 Å². The number of benzene rings is 1. The first-order valence-electron chi connectivity index (χ1n) is 5.65. The van der Waals surface area contributed by atoms with Gasteiger partial charge in [0.2, 0.25) is 0 Å². The zero-order valence-electron chi connectivity index (χ0n) is 10.6. The molecule has 0 aliphatic carbocycles. The number of carbonyl (C=O) groups is 1. The maximum atomic E-state index is 13.7. The van der Waals surface area contributed by atoms with Crippen LogP contribution in [-0.4, -0.2) is 18.1 Å². The van der Waals surface area contributed by atoms with Crippen LogP contribution in [0.15, 0.2) is 27.4 Å². The summed E-state index contributed by atoms with van der Waals surface area (Å²) in [6.07, 6.45) is 0. The second-order valence-electron chi connectivity index (χ2n) is 4.31. The number of nitrogens with two attached hydrogens (primary N) is 1. The number of halogens is 2. The molecule has 0 amide bonds. The van der Waals surface area contributed by atoms with Crippen molar-refractivity contribution in [3.63, 3.8) is 0 Å². The lowest BCUT2D eigenvalue weighted by Gasteiger charge is -2.21. The molecule has 7 heteroatoms. The molecule has 1 heterocycles.